The highest BCUT2D eigenvalue weighted by Gasteiger charge is 2.42. The lowest BCUT2D eigenvalue weighted by Gasteiger charge is -2.29. The summed E-state index contributed by atoms with van der Waals surface area (Å²) in [6.45, 7) is 4.36. The quantitative estimate of drug-likeness (QED) is 0.532. The van der Waals surface area contributed by atoms with Crippen molar-refractivity contribution in [3.05, 3.63) is 117 Å². The van der Waals surface area contributed by atoms with Crippen molar-refractivity contribution in [1.82, 2.24) is 5.32 Å². The number of hydrogen-bond donors (Lipinski definition) is 1. The summed E-state index contributed by atoms with van der Waals surface area (Å²) < 4.78 is 11.1. The van der Waals surface area contributed by atoms with Crippen LogP contribution in [0.3, 0.4) is 0 Å². The maximum Gasteiger partial charge on any atom is 0.336 e. The first-order valence-electron chi connectivity index (χ1n) is 11.2. The second kappa shape index (κ2) is 8.67. The smallest absolute Gasteiger partial charge is 0.336 e. The molecule has 170 valence electrons. The molecule has 1 heterocycles. The van der Waals surface area contributed by atoms with E-state index < -0.39 is 11.9 Å². The van der Waals surface area contributed by atoms with Gasteiger partial charge in [-0.2, -0.15) is 0 Å². The minimum atomic E-state index is -0.533. The second-order valence-electron chi connectivity index (χ2n) is 8.60. The number of carbonyl (C=O) groups excluding carboxylic acids is 2. The largest absolute Gasteiger partial charge is 0.489 e. The summed E-state index contributed by atoms with van der Waals surface area (Å²) in [6.07, 6.45) is 0. The number of methoxy groups -OCH3 is 1. The summed E-state index contributed by atoms with van der Waals surface area (Å²) in [4.78, 5) is 26.2. The molecule has 2 aliphatic rings. The third-order valence-electron chi connectivity index (χ3n) is 6.36. The number of ketones is 1. The van der Waals surface area contributed by atoms with Gasteiger partial charge in [0.1, 0.15) is 12.4 Å². The fourth-order valence-electron chi connectivity index (χ4n) is 4.77. The molecule has 1 atom stereocenters. The van der Waals surface area contributed by atoms with Gasteiger partial charge in [0.05, 0.1) is 18.4 Å². The summed E-state index contributed by atoms with van der Waals surface area (Å²) in [6, 6.07) is 23.3. The van der Waals surface area contributed by atoms with Crippen molar-refractivity contribution in [2.24, 2.45) is 0 Å². The highest BCUT2D eigenvalue weighted by molar-refractivity contribution is 6.23. The molecule has 0 saturated heterocycles. The minimum absolute atomic E-state index is 0.0724. The van der Waals surface area contributed by atoms with Crippen LogP contribution >= 0.6 is 0 Å². The predicted octanol–water partition coefficient (Wildman–Crippen LogP) is 5.32. The van der Waals surface area contributed by atoms with E-state index in [4.69, 9.17) is 9.47 Å². The maximum atomic E-state index is 13.4. The van der Waals surface area contributed by atoms with E-state index in [0.717, 1.165) is 28.1 Å². The summed E-state index contributed by atoms with van der Waals surface area (Å²) >= 11 is 0. The SMILES string of the molecule is COC(=O)C1=C(C)NC2=C(C(=O)c3ccccc32)[C@H]1c1ccc(OCc2cccc(C)c2)cc1. The molecule has 0 saturated carbocycles. The molecular weight excluding hydrogens is 426 g/mol. The number of rotatable bonds is 5. The van der Waals surface area contributed by atoms with Gasteiger partial charge in [-0.15, -0.1) is 0 Å². The van der Waals surface area contributed by atoms with Crippen LogP contribution in [0.25, 0.3) is 5.70 Å². The highest BCUT2D eigenvalue weighted by atomic mass is 16.5. The molecule has 5 nitrogen and oxygen atoms in total. The molecule has 34 heavy (non-hydrogen) atoms. The van der Waals surface area contributed by atoms with Gasteiger partial charge in [-0.05, 0) is 37.1 Å². The van der Waals surface area contributed by atoms with Crippen molar-refractivity contribution < 1.29 is 19.1 Å². The molecule has 1 aliphatic heterocycles. The fourth-order valence-corrected chi connectivity index (χ4v) is 4.77. The average molecular weight is 452 g/mol. The Kier molecular flexibility index (Phi) is 5.54. The van der Waals surface area contributed by atoms with Crippen molar-refractivity contribution in [3.8, 4) is 5.75 Å². The number of carbonyl (C=O) groups is 2. The lowest BCUT2D eigenvalue weighted by Crippen LogP contribution is -2.29. The van der Waals surface area contributed by atoms with Crippen molar-refractivity contribution in [3.63, 3.8) is 0 Å². The summed E-state index contributed by atoms with van der Waals surface area (Å²) in [5.74, 6) is -0.342. The van der Waals surface area contributed by atoms with E-state index in [1.807, 2.05) is 67.6 Å². The highest BCUT2D eigenvalue weighted by Crippen LogP contribution is 2.46. The number of allylic oxidation sites excluding steroid dienone is 2. The van der Waals surface area contributed by atoms with Crippen LogP contribution in [0.2, 0.25) is 0 Å². The number of fused-ring (bicyclic) bond motifs is 2. The van der Waals surface area contributed by atoms with Crippen LogP contribution in [0.4, 0.5) is 0 Å². The number of benzene rings is 3. The monoisotopic (exact) mass is 451 g/mol. The van der Waals surface area contributed by atoms with E-state index in [1.165, 1.54) is 12.7 Å². The number of hydrogen-bond acceptors (Lipinski definition) is 5. The fraction of sp³-hybridized carbons (Fsp3) is 0.172. The lowest BCUT2D eigenvalue weighted by molar-refractivity contribution is -0.136. The van der Waals surface area contributed by atoms with E-state index in [-0.39, 0.29) is 5.78 Å². The number of dihydropyridines is 1. The zero-order valence-corrected chi connectivity index (χ0v) is 19.3. The van der Waals surface area contributed by atoms with Crippen molar-refractivity contribution >= 4 is 17.4 Å². The molecular formula is C29H25NO4. The number of Topliss-reactive ketones (excluding diaryl/α,β-unsaturated/α-hetero) is 1. The zero-order chi connectivity index (χ0) is 23.8. The van der Waals surface area contributed by atoms with Crippen molar-refractivity contribution in [2.45, 2.75) is 26.4 Å². The van der Waals surface area contributed by atoms with E-state index >= 15 is 0 Å². The van der Waals surface area contributed by atoms with Gasteiger partial charge in [-0.1, -0.05) is 66.2 Å². The normalized spacial score (nSPS) is 16.7. The molecule has 0 aromatic heterocycles. The standard InChI is InChI=1S/C29H25NO4/c1-17-7-6-8-19(15-17)16-34-21-13-11-20(12-14-21)25-24(29(32)33-3)18(2)30-27-22-9-4-5-10-23(22)28(31)26(25)27/h4-15,25,30H,16H2,1-3H3/t25-/m0/s1. The van der Waals surface area contributed by atoms with Crippen LogP contribution < -0.4 is 10.1 Å². The Hall–Kier alpha value is -4.12. The zero-order valence-electron chi connectivity index (χ0n) is 19.3. The van der Waals surface area contributed by atoms with Crippen LogP contribution in [-0.4, -0.2) is 18.9 Å². The van der Waals surface area contributed by atoms with Gasteiger partial charge < -0.3 is 14.8 Å². The first-order valence-corrected chi connectivity index (χ1v) is 11.2. The molecule has 1 aliphatic carbocycles. The Morgan fingerprint density at radius 1 is 0.941 bits per heavy atom. The number of nitrogens with one attached hydrogen (secondary N) is 1. The summed E-state index contributed by atoms with van der Waals surface area (Å²) in [7, 11) is 1.36. The van der Waals surface area contributed by atoms with Gasteiger partial charge in [-0.3, -0.25) is 4.79 Å². The van der Waals surface area contributed by atoms with Crippen LogP contribution in [0, 0.1) is 6.92 Å². The molecule has 0 fully saturated rings. The lowest BCUT2D eigenvalue weighted by atomic mass is 9.80. The average Bonchev–Trinajstić information content (AvgIpc) is 3.13. The molecule has 3 aromatic rings. The first-order chi connectivity index (χ1) is 16.5. The number of esters is 1. The van der Waals surface area contributed by atoms with E-state index in [0.29, 0.717) is 29.0 Å². The number of ether oxygens (including phenoxy) is 2. The second-order valence-corrected chi connectivity index (χ2v) is 8.60. The molecule has 0 spiro atoms. The molecule has 0 unspecified atom stereocenters. The summed E-state index contributed by atoms with van der Waals surface area (Å²) in [5, 5.41) is 3.30. The summed E-state index contributed by atoms with van der Waals surface area (Å²) in [5.41, 5.74) is 7.06. The minimum Gasteiger partial charge on any atom is -0.489 e. The Morgan fingerprint density at radius 3 is 2.38 bits per heavy atom. The maximum absolute atomic E-state index is 13.4. The van der Waals surface area contributed by atoms with Crippen LogP contribution in [0.15, 0.2) is 89.6 Å². The molecule has 0 bridgehead atoms. The Morgan fingerprint density at radius 2 is 1.68 bits per heavy atom. The van der Waals surface area contributed by atoms with Gasteiger partial charge in [0.25, 0.3) is 0 Å². The third-order valence-corrected chi connectivity index (χ3v) is 6.36. The van der Waals surface area contributed by atoms with Crippen molar-refractivity contribution in [1.29, 1.82) is 0 Å². The molecule has 5 heteroatoms. The van der Waals surface area contributed by atoms with E-state index in [1.54, 1.807) is 0 Å². The van der Waals surface area contributed by atoms with Crippen LogP contribution in [-0.2, 0) is 16.1 Å². The molecule has 3 aromatic carbocycles. The van der Waals surface area contributed by atoms with Gasteiger partial charge in [0.2, 0.25) is 0 Å². The molecule has 5 rings (SSSR count). The first kappa shape index (κ1) is 21.7. The van der Waals surface area contributed by atoms with Gasteiger partial charge in [0.15, 0.2) is 5.78 Å². The topological polar surface area (TPSA) is 64.6 Å². The van der Waals surface area contributed by atoms with Gasteiger partial charge in [0, 0.05) is 28.3 Å². The van der Waals surface area contributed by atoms with Crippen molar-refractivity contribution in [2.75, 3.05) is 7.11 Å². The number of aryl methyl sites for hydroxylation is 1. The Bertz CT molecular complexity index is 1360. The molecule has 0 amide bonds. The third kappa shape index (κ3) is 3.69. The Labute approximate surface area is 198 Å². The van der Waals surface area contributed by atoms with Crippen LogP contribution in [0.1, 0.15) is 45.5 Å². The molecule has 1 N–H and O–H groups in total. The predicted molar refractivity (Wildman–Crippen MR) is 130 cm³/mol. The van der Waals surface area contributed by atoms with E-state index in [9.17, 15) is 9.59 Å². The van der Waals surface area contributed by atoms with Crippen LogP contribution in [0.5, 0.6) is 5.75 Å². The van der Waals surface area contributed by atoms with Gasteiger partial charge in [-0.25, -0.2) is 4.79 Å². The van der Waals surface area contributed by atoms with E-state index in [2.05, 4.69) is 24.4 Å². The van der Waals surface area contributed by atoms with Gasteiger partial charge >= 0.3 is 5.97 Å². The Balaban J connectivity index is 1.50. The molecule has 0 radical (unpaired) electrons.